The van der Waals surface area contributed by atoms with E-state index >= 15 is 0 Å². The van der Waals surface area contributed by atoms with Crippen molar-refractivity contribution in [2.45, 2.75) is 41.0 Å². The van der Waals surface area contributed by atoms with E-state index in [0.29, 0.717) is 5.41 Å². The van der Waals surface area contributed by atoms with Crippen LogP contribution in [0.1, 0.15) is 41.0 Å². The van der Waals surface area contributed by atoms with E-state index < -0.39 is 0 Å². The molecular formula is C14H24. The van der Waals surface area contributed by atoms with E-state index in [1.54, 1.807) is 6.08 Å². The van der Waals surface area contributed by atoms with E-state index in [9.17, 15) is 0 Å². The minimum absolute atomic E-state index is 0.164. The molecule has 0 unspecified atom stereocenters. The molecule has 0 aromatic carbocycles. The van der Waals surface area contributed by atoms with Crippen molar-refractivity contribution in [1.29, 1.82) is 0 Å². The summed E-state index contributed by atoms with van der Waals surface area (Å²) in [5, 5.41) is 0. The second kappa shape index (κ2) is 4.63. The van der Waals surface area contributed by atoms with Gasteiger partial charge in [-0.1, -0.05) is 66.0 Å². The Morgan fingerprint density at radius 3 is 2.00 bits per heavy atom. The van der Waals surface area contributed by atoms with Crippen molar-refractivity contribution in [2.75, 3.05) is 0 Å². The van der Waals surface area contributed by atoms with Crippen LogP contribution in [0, 0.1) is 10.8 Å². The molecule has 0 radical (unpaired) electrons. The van der Waals surface area contributed by atoms with Gasteiger partial charge in [0.15, 0.2) is 0 Å². The summed E-state index contributed by atoms with van der Waals surface area (Å²) in [6, 6.07) is 0. The van der Waals surface area contributed by atoms with Crippen LogP contribution in [-0.4, -0.2) is 0 Å². The topological polar surface area (TPSA) is 0 Å². The summed E-state index contributed by atoms with van der Waals surface area (Å²) in [5.74, 6) is 0. The van der Waals surface area contributed by atoms with E-state index in [-0.39, 0.29) is 5.41 Å². The van der Waals surface area contributed by atoms with Crippen LogP contribution < -0.4 is 0 Å². The van der Waals surface area contributed by atoms with Crippen LogP contribution in [0.2, 0.25) is 0 Å². The van der Waals surface area contributed by atoms with Crippen LogP contribution in [0.15, 0.2) is 37.0 Å². The Kier molecular flexibility index (Phi) is 4.38. The first-order chi connectivity index (χ1) is 6.19. The molecule has 0 aromatic rings. The molecule has 0 spiro atoms. The van der Waals surface area contributed by atoms with Crippen LogP contribution in [0.25, 0.3) is 0 Å². The van der Waals surface area contributed by atoms with E-state index in [1.165, 1.54) is 5.57 Å². The minimum Gasteiger partial charge on any atom is -0.0991 e. The molecule has 0 fully saturated rings. The largest absolute Gasteiger partial charge is 0.0991 e. The molecule has 0 nitrogen and oxygen atoms in total. The third-order valence-corrected chi connectivity index (χ3v) is 2.28. The molecule has 0 aromatic heterocycles. The highest BCUT2D eigenvalue weighted by Crippen LogP contribution is 2.38. The van der Waals surface area contributed by atoms with Gasteiger partial charge in [-0.25, -0.2) is 0 Å². The predicted octanol–water partition coefficient (Wildman–Crippen LogP) is 4.75. The lowest BCUT2D eigenvalue weighted by Gasteiger charge is -2.33. The van der Waals surface area contributed by atoms with Gasteiger partial charge in [0.25, 0.3) is 0 Å². The van der Waals surface area contributed by atoms with E-state index in [4.69, 9.17) is 0 Å². The fraction of sp³-hybridized carbons (Fsp3) is 0.571. The highest BCUT2D eigenvalue weighted by Gasteiger charge is 2.26. The highest BCUT2D eigenvalue weighted by atomic mass is 14.3. The zero-order valence-electron chi connectivity index (χ0n) is 10.4. The fourth-order valence-electron chi connectivity index (χ4n) is 1.85. The van der Waals surface area contributed by atoms with Gasteiger partial charge in [-0.3, -0.25) is 0 Å². The van der Waals surface area contributed by atoms with Crippen molar-refractivity contribution in [3.05, 3.63) is 37.0 Å². The second-order valence-corrected chi connectivity index (χ2v) is 5.74. The monoisotopic (exact) mass is 192 g/mol. The minimum atomic E-state index is 0.164. The summed E-state index contributed by atoms with van der Waals surface area (Å²) >= 11 is 0. The molecule has 0 saturated carbocycles. The normalized spacial score (nSPS) is 13.2. The molecule has 0 heterocycles. The SMILES string of the molecule is C=C/C=C\C(=C)C(C)(C)CC(C)(C)C. The standard InChI is InChI=1S/C14H24/c1-8-9-10-12(2)14(6,7)11-13(3,4)5/h8-10H,1-2,11H2,3-7H3/b10-9-. The van der Waals surface area contributed by atoms with Crippen molar-refractivity contribution >= 4 is 0 Å². The van der Waals surface area contributed by atoms with Gasteiger partial charge < -0.3 is 0 Å². The van der Waals surface area contributed by atoms with Crippen molar-refractivity contribution < 1.29 is 0 Å². The Bertz CT molecular complexity index is 233. The molecule has 0 saturated heterocycles. The number of hydrogen-bond donors (Lipinski definition) is 0. The van der Waals surface area contributed by atoms with E-state index in [0.717, 1.165) is 6.42 Å². The summed E-state index contributed by atoms with van der Waals surface area (Å²) in [7, 11) is 0. The van der Waals surface area contributed by atoms with Crippen LogP contribution >= 0.6 is 0 Å². The molecule has 0 amide bonds. The Labute approximate surface area is 89.4 Å². The number of allylic oxidation sites excluding steroid dienone is 4. The average molecular weight is 192 g/mol. The Balaban J connectivity index is 4.53. The quantitative estimate of drug-likeness (QED) is 0.564. The van der Waals surface area contributed by atoms with Crippen LogP contribution in [0.4, 0.5) is 0 Å². The summed E-state index contributed by atoms with van der Waals surface area (Å²) in [4.78, 5) is 0. The predicted molar refractivity (Wildman–Crippen MR) is 66.3 cm³/mol. The molecule has 0 atom stereocenters. The van der Waals surface area contributed by atoms with Crippen molar-refractivity contribution in [2.24, 2.45) is 10.8 Å². The zero-order chi connectivity index (χ0) is 11.4. The molecule has 0 N–H and O–H groups in total. The molecule has 80 valence electrons. The van der Waals surface area contributed by atoms with E-state index in [1.807, 2.05) is 6.08 Å². The summed E-state index contributed by atoms with van der Waals surface area (Å²) in [5.41, 5.74) is 1.68. The summed E-state index contributed by atoms with van der Waals surface area (Å²) in [6.45, 7) is 19.1. The van der Waals surface area contributed by atoms with Crippen molar-refractivity contribution in [3.8, 4) is 0 Å². The van der Waals surface area contributed by atoms with Crippen molar-refractivity contribution in [1.82, 2.24) is 0 Å². The van der Waals surface area contributed by atoms with E-state index in [2.05, 4.69) is 53.9 Å². The zero-order valence-corrected chi connectivity index (χ0v) is 10.4. The first kappa shape index (κ1) is 13.2. The van der Waals surface area contributed by atoms with Crippen LogP contribution in [-0.2, 0) is 0 Å². The van der Waals surface area contributed by atoms with Gasteiger partial charge in [0.05, 0.1) is 0 Å². The Hall–Kier alpha value is -0.780. The van der Waals surface area contributed by atoms with Crippen LogP contribution in [0.3, 0.4) is 0 Å². The van der Waals surface area contributed by atoms with Gasteiger partial charge in [0, 0.05) is 0 Å². The third kappa shape index (κ3) is 5.06. The fourth-order valence-corrected chi connectivity index (χ4v) is 1.85. The van der Waals surface area contributed by atoms with Crippen molar-refractivity contribution in [3.63, 3.8) is 0 Å². The number of hydrogen-bond acceptors (Lipinski definition) is 0. The lowest BCUT2D eigenvalue weighted by Crippen LogP contribution is -2.21. The first-order valence-corrected chi connectivity index (χ1v) is 5.17. The van der Waals surface area contributed by atoms with Gasteiger partial charge in [0.1, 0.15) is 0 Å². The molecule has 0 bridgehead atoms. The lowest BCUT2D eigenvalue weighted by atomic mass is 9.72. The molecule has 0 rings (SSSR count). The average Bonchev–Trinajstić information content (AvgIpc) is 1.95. The Morgan fingerprint density at radius 2 is 1.64 bits per heavy atom. The summed E-state index contributed by atoms with van der Waals surface area (Å²) < 4.78 is 0. The number of rotatable bonds is 4. The van der Waals surface area contributed by atoms with Gasteiger partial charge >= 0.3 is 0 Å². The second-order valence-electron chi connectivity index (χ2n) is 5.74. The smallest absolute Gasteiger partial charge is 0.0104 e. The van der Waals surface area contributed by atoms with Crippen LogP contribution in [0.5, 0.6) is 0 Å². The maximum atomic E-state index is 4.11. The maximum Gasteiger partial charge on any atom is -0.0104 e. The summed E-state index contributed by atoms with van der Waals surface area (Å²) in [6.07, 6.45) is 6.93. The highest BCUT2D eigenvalue weighted by molar-refractivity contribution is 5.24. The molecule has 0 aliphatic rings. The van der Waals surface area contributed by atoms with Gasteiger partial charge in [-0.05, 0) is 22.8 Å². The molecule has 14 heavy (non-hydrogen) atoms. The van der Waals surface area contributed by atoms with Gasteiger partial charge in [-0.2, -0.15) is 0 Å². The third-order valence-electron chi connectivity index (χ3n) is 2.28. The molecule has 0 heteroatoms. The lowest BCUT2D eigenvalue weighted by molar-refractivity contribution is 0.254. The molecule has 0 aliphatic carbocycles. The Morgan fingerprint density at radius 1 is 1.14 bits per heavy atom. The first-order valence-electron chi connectivity index (χ1n) is 5.17. The van der Waals surface area contributed by atoms with Gasteiger partial charge in [0.2, 0.25) is 0 Å². The van der Waals surface area contributed by atoms with Gasteiger partial charge in [-0.15, -0.1) is 0 Å². The molecular weight excluding hydrogens is 168 g/mol. The molecule has 0 aliphatic heterocycles. The maximum absolute atomic E-state index is 4.11.